The number of nitrogens with one attached hydrogen (secondary N) is 1. The maximum Gasteiger partial charge on any atom is 0.240 e. The molecule has 2 rings (SSSR count). The summed E-state index contributed by atoms with van der Waals surface area (Å²) in [5.41, 5.74) is 2.30. The van der Waals surface area contributed by atoms with Crippen LogP contribution in [0.4, 0.5) is 0 Å². The van der Waals surface area contributed by atoms with Crippen molar-refractivity contribution in [2.45, 2.75) is 59.0 Å². The van der Waals surface area contributed by atoms with Gasteiger partial charge in [0.1, 0.15) is 6.54 Å². The van der Waals surface area contributed by atoms with Crippen LogP contribution in [0.3, 0.4) is 0 Å². The molecular weight excluding hydrogens is 254 g/mol. The predicted octanol–water partition coefficient (Wildman–Crippen LogP) is 1.49. The number of carbonyl (C=O) groups is 2. The Morgan fingerprint density at radius 2 is 2.05 bits per heavy atom. The van der Waals surface area contributed by atoms with Crippen LogP contribution in [0.2, 0.25) is 0 Å². The highest BCUT2D eigenvalue weighted by molar-refractivity contribution is 5.87. The number of nitrogens with zero attached hydrogens (tertiary/aromatic N) is 2. The standard InChI is InChI=1S/C15H23N3O2/c1-10(2)15(11(3)19)17-14(20)8-18-9-16-12-6-4-5-7-13(12)18/h9-10,15H,4-8H2,1-3H3,(H,17,20). The van der Waals surface area contributed by atoms with E-state index in [4.69, 9.17) is 0 Å². The maximum absolute atomic E-state index is 12.1. The molecule has 1 amide bonds. The number of rotatable bonds is 5. The Morgan fingerprint density at radius 3 is 2.70 bits per heavy atom. The highest BCUT2D eigenvalue weighted by atomic mass is 16.2. The van der Waals surface area contributed by atoms with Crippen molar-refractivity contribution in [3.05, 3.63) is 17.7 Å². The van der Waals surface area contributed by atoms with E-state index < -0.39 is 6.04 Å². The fourth-order valence-corrected chi connectivity index (χ4v) is 2.78. The van der Waals surface area contributed by atoms with E-state index in [1.807, 2.05) is 18.4 Å². The first-order valence-electron chi connectivity index (χ1n) is 7.31. The number of aryl methyl sites for hydroxylation is 1. The molecule has 1 atom stereocenters. The second-order valence-electron chi connectivity index (χ2n) is 5.87. The molecule has 0 saturated heterocycles. The van der Waals surface area contributed by atoms with Crippen molar-refractivity contribution in [3.8, 4) is 0 Å². The van der Waals surface area contributed by atoms with Gasteiger partial charge in [0.2, 0.25) is 5.91 Å². The molecule has 1 aromatic rings. The fraction of sp³-hybridized carbons (Fsp3) is 0.667. The normalized spacial score (nSPS) is 15.8. The summed E-state index contributed by atoms with van der Waals surface area (Å²) in [6.45, 7) is 5.64. The van der Waals surface area contributed by atoms with Gasteiger partial charge < -0.3 is 9.88 Å². The third-order valence-electron chi connectivity index (χ3n) is 3.85. The van der Waals surface area contributed by atoms with Crippen molar-refractivity contribution in [1.82, 2.24) is 14.9 Å². The minimum atomic E-state index is -0.401. The predicted molar refractivity (Wildman–Crippen MR) is 76.3 cm³/mol. The molecule has 0 radical (unpaired) electrons. The van der Waals surface area contributed by atoms with Crippen LogP contribution in [0.5, 0.6) is 0 Å². The number of fused-ring (bicyclic) bond motifs is 1. The van der Waals surface area contributed by atoms with Crippen molar-refractivity contribution < 1.29 is 9.59 Å². The van der Waals surface area contributed by atoms with Crippen LogP contribution in [0, 0.1) is 5.92 Å². The van der Waals surface area contributed by atoms with Gasteiger partial charge in [0.25, 0.3) is 0 Å². The quantitative estimate of drug-likeness (QED) is 0.887. The molecule has 0 spiro atoms. The number of hydrogen-bond acceptors (Lipinski definition) is 3. The molecule has 0 aliphatic heterocycles. The molecule has 0 saturated carbocycles. The molecule has 0 fully saturated rings. The molecule has 1 N–H and O–H groups in total. The van der Waals surface area contributed by atoms with Crippen molar-refractivity contribution in [1.29, 1.82) is 0 Å². The number of Topliss-reactive ketones (excluding diaryl/α,β-unsaturated/α-hetero) is 1. The van der Waals surface area contributed by atoms with Crippen LogP contribution in [0.15, 0.2) is 6.33 Å². The van der Waals surface area contributed by atoms with E-state index in [-0.39, 0.29) is 24.2 Å². The SMILES string of the molecule is CC(=O)C(NC(=O)Cn1cnc2c1CCCC2)C(C)C. The first kappa shape index (κ1) is 14.8. The summed E-state index contributed by atoms with van der Waals surface area (Å²) in [5.74, 6) is -0.0150. The van der Waals surface area contributed by atoms with Gasteiger partial charge in [-0.3, -0.25) is 9.59 Å². The Labute approximate surface area is 119 Å². The van der Waals surface area contributed by atoms with Crippen LogP contribution in [0.1, 0.15) is 45.0 Å². The van der Waals surface area contributed by atoms with Crippen molar-refractivity contribution >= 4 is 11.7 Å². The summed E-state index contributed by atoms with van der Waals surface area (Å²) in [6.07, 6.45) is 6.07. The fourth-order valence-electron chi connectivity index (χ4n) is 2.78. The van der Waals surface area contributed by atoms with Crippen LogP contribution in [-0.4, -0.2) is 27.3 Å². The second kappa shape index (κ2) is 6.20. The average Bonchev–Trinajstić information content (AvgIpc) is 2.79. The Bertz CT molecular complexity index is 505. The lowest BCUT2D eigenvalue weighted by Gasteiger charge is -2.20. The zero-order valence-corrected chi connectivity index (χ0v) is 12.5. The molecule has 1 aliphatic rings. The summed E-state index contributed by atoms with van der Waals surface area (Å²) in [7, 11) is 0. The molecule has 0 aromatic carbocycles. The van der Waals surface area contributed by atoms with Crippen LogP contribution < -0.4 is 5.32 Å². The summed E-state index contributed by atoms with van der Waals surface area (Å²) >= 11 is 0. The number of hydrogen-bond donors (Lipinski definition) is 1. The molecule has 1 heterocycles. The topological polar surface area (TPSA) is 64.0 Å². The van der Waals surface area contributed by atoms with Gasteiger partial charge in [-0.15, -0.1) is 0 Å². The summed E-state index contributed by atoms with van der Waals surface area (Å²) in [4.78, 5) is 28.0. The van der Waals surface area contributed by atoms with E-state index in [1.165, 1.54) is 19.0 Å². The zero-order valence-electron chi connectivity index (χ0n) is 12.5. The van der Waals surface area contributed by atoms with Crippen LogP contribution in [0.25, 0.3) is 0 Å². The molecule has 0 bridgehead atoms. The van der Waals surface area contributed by atoms with Crippen molar-refractivity contribution in [2.75, 3.05) is 0 Å². The summed E-state index contributed by atoms with van der Waals surface area (Å²) in [6, 6.07) is -0.401. The Morgan fingerprint density at radius 1 is 1.35 bits per heavy atom. The zero-order chi connectivity index (χ0) is 14.7. The largest absolute Gasteiger partial charge is 0.344 e. The summed E-state index contributed by atoms with van der Waals surface area (Å²) in [5, 5.41) is 2.82. The van der Waals surface area contributed by atoms with E-state index >= 15 is 0 Å². The lowest BCUT2D eigenvalue weighted by atomic mass is 10.0. The van der Waals surface area contributed by atoms with Gasteiger partial charge in [-0.25, -0.2) is 4.98 Å². The maximum atomic E-state index is 12.1. The minimum absolute atomic E-state index is 0.000935. The third kappa shape index (κ3) is 3.26. The van der Waals surface area contributed by atoms with Gasteiger partial charge in [-0.05, 0) is 38.5 Å². The minimum Gasteiger partial charge on any atom is -0.344 e. The van der Waals surface area contributed by atoms with Gasteiger partial charge >= 0.3 is 0 Å². The monoisotopic (exact) mass is 277 g/mol. The van der Waals surface area contributed by atoms with Gasteiger partial charge in [0, 0.05) is 5.69 Å². The molecule has 1 unspecified atom stereocenters. The highest BCUT2D eigenvalue weighted by Gasteiger charge is 2.22. The van der Waals surface area contributed by atoms with Gasteiger partial charge in [-0.2, -0.15) is 0 Å². The van der Waals surface area contributed by atoms with Gasteiger partial charge in [0.05, 0.1) is 18.1 Å². The lowest BCUT2D eigenvalue weighted by Crippen LogP contribution is -2.44. The molecule has 1 aliphatic carbocycles. The Hall–Kier alpha value is -1.65. The first-order chi connectivity index (χ1) is 9.49. The molecular formula is C15H23N3O2. The van der Waals surface area contributed by atoms with Gasteiger partial charge in [-0.1, -0.05) is 13.8 Å². The molecule has 5 nitrogen and oxygen atoms in total. The van der Waals surface area contributed by atoms with E-state index in [1.54, 1.807) is 6.33 Å². The molecule has 1 aromatic heterocycles. The first-order valence-corrected chi connectivity index (χ1v) is 7.31. The number of ketones is 1. The average molecular weight is 277 g/mol. The number of carbonyl (C=O) groups excluding carboxylic acids is 2. The van der Waals surface area contributed by atoms with E-state index in [0.29, 0.717) is 0 Å². The van der Waals surface area contributed by atoms with E-state index in [2.05, 4.69) is 10.3 Å². The third-order valence-corrected chi connectivity index (χ3v) is 3.85. The Balaban J connectivity index is 2.01. The highest BCUT2D eigenvalue weighted by Crippen LogP contribution is 2.19. The van der Waals surface area contributed by atoms with Crippen molar-refractivity contribution in [2.24, 2.45) is 5.92 Å². The van der Waals surface area contributed by atoms with E-state index in [9.17, 15) is 9.59 Å². The van der Waals surface area contributed by atoms with Crippen LogP contribution >= 0.6 is 0 Å². The number of amides is 1. The van der Waals surface area contributed by atoms with E-state index in [0.717, 1.165) is 25.0 Å². The molecule has 5 heteroatoms. The summed E-state index contributed by atoms with van der Waals surface area (Å²) < 4.78 is 1.92. The Kier molecular flexibility index (Phi) is 4.57. The van der Waals surface area contributed by atoms with Gasteiger partial charge in [0.15, 0.2) is 5.78 Å². The molecule has 110 valence electrons. The smallest absolute Gasteiger partial charge is 0.240 e. The number of imidazole rings is 1. The van der Waals surface area contributed by atoms with Crippen molar-refractivity contribution in [3.63, 3.8) is 0 Å². The number of aromatic nitrogens is 2. The van der Waals surface area contributed by atoms with Crippen LogP contribution in [-0.2, 0) is 29.0 Å². The molecule has 20 heavy (non-hydrogen) atoms. The second-order valence-corrected chi connectivity index (χ2v) is 5.87. The lowest BCUT2D eigenvalue weighted by molar-refractivity contribution is -0.128.